The average molecular weight is 217 g/mol. The monoisotopic (exact) mass is 216 g/mol. The van der Waals surface area contributed by atoms with Crippen molar-refractivity contribution in [2.75, 3.05) is 12.4 Å². The highest BCUT2D eigenvalue weighted by atomic mass is 35.5. The Bertz CT molecular complexity index is 276. The molecule has 0 N–H and O–H groups in total. The number of benzene rings is 1. The number of hydrogen-bond acceptors (Lipinski definition) is 2. The predicted molar refractivity (Wildman–Crippen MR) is 60.2 cm³/mol. The fraction of sp³-hybridized carbons (Fsp3) is 0.400. The van der Waals surface area contributed by atoms with Gasteiger partial charge in [0.2, 0.25) is 0 Å². The van der Waals surface area contributed by atoms with E-state index in [0.29, 0.717) is 11.6 Å². The van der Waals surface area contributed by atoms with E-state index in [4.69, 9.17) is 16.3 Å². The van der Waals surface area contributed by atoms with E-state index in [1.165, 1.54) is 5.56 Å². The summed E-state index contributed by atoms with van der Waals surface area (Å²) < 4.78 is 5.32. The van der Waals surface area contributed by atoms with Crippen LogP contribution in [0.25, 0.3) is 0 Å². The molecule has 1 aromatic carbocycles. The molecule has 0 aromatic heterocycles. The van der Waals surface area contributed by atoms with Gasteiger partial charge in [0.05, 0.1) is 11.6 Å². The fourth-order valence-electron chi connectivity index (χ4n) is 1.10. The van der Waals surface area contributed by atoms with E-state index >= 15 is 0 Å². The molecule has 13 heavy (non-hydrogen) atoms. The van der Waals surface area contributed by atoms with Gasteiger partial charge in [-0.1, -0.05) is 17.7 Å². The first kappa shape index (κ1) is 10.7. The molecule has 1 rings (SSSR count). The summed E-state index contributed by atoms with van der Waals surface area (Å²) >= 11 is 10.2. The molecule has 3 heteroatoms. The van der Waals surface area contributed by atoms with Gasteiger partial charge in [-0.3, -0.25) is 0 Å². The van der Waals surface area contributed by atoms with Gasteiger partial charge in [0.1, 0.15) is 5.75 Å². The maximum atomic E-state index is 5.99. The third-order valence-electron chi connectivity index (χ3n) is 1.70. The molecule has 1 nitrogen and oxygen atoms in total. The molecule has 0 amide bonds. The minimum absolute atomic E-state index is 0.644. The second-order valence-corrected chi connectivity index (χ2v) is 3.53. The summed E-state index contributed by atoms with van der Waals surface area (Å²) in [5.41, 5.74) is 1.20. The van der Waals surface area contributed by atoms with Crippen LogP contribution in [0, 0.1) is 0 Å². The molecule has 1 aromatic rings. The molecule has 0 aliphatic heterocycles. The van der Waals surface area contributed by atoms with Crippen LogP contribution in [0.4, 0.5) is 0 Å². The van der Waals surface area contributed by atoms with Crippen molar-refractivity contribution >= 4 is 24.2 Å². The largest absolute Gasteiger partial charge is 0.492 e. The van der Waals surface area contributed by atoms with Crippen LogP contribution < -0.4 is 4.74 Å². The molecular weight excluding hydrogens is 204 g/mol. The molecule has 0 saturated heterocycles. The van der Waals surface area contributed by atoms with Crippen LogP contribution in [-0.2, 0) is 6.42 Å². The molecule has 0 saturated carbocycles. The molecule has 0 fully saturated rings. The summed E-state index contributed by atoms with van der Waals surface area (Å²) in [5, 5.41) is 0.682. The van der Waals surface area contributed by atoms with Gasteiger partial charge < -0.3 is 4.74 Å². The second-order valence-electron chi connectivity index (χ2n) is 2.67. The van der Waals surface area contributed by atoms with Gasteiger partial charge in [0.25, 0.3) is 0 Å². The number of ether oxygens (including phenoxy) is 1. The first-order chi connectivity index (χ1) is 6.27. The van der Waals surface area contributed by atoms with Gasteiger partial charge in [0.15, 0.2) is 0 Å². The lowest BCUT2D eigenvalue weighted by Gasteiger charge is -2.06. The van der Waals surface area contributed by atoms with Crippen molar-refractivity contribution in [3.8, 4) is 5.75 Å². The van der Waals surface area contributed by atoms with Crippen molar-refractivity contribution in [1.82, 2.24) is 0 Å². The summed E-state index contributed by atoms with van der Waals surface area (Å²) in [5.74, 6) is 1.59. The summed E-state index contributed by atoms with van der Waals surface area (Å²) in [6, 6.07) is 5.86. The molecule has 0 heterocycles. The molecule has 0 radical (unpaired) electrons. The highest BCUT2D eigenvalue weighted by Crippen LogP contribution is 2.25. The van der Waals surface area contributed by atoms with Crippen molar-refractivity contribution in [2.24, 2.45) is 0 Å². The highest BCUT2D eigenvalue weighted by Gasteiger charge is 2.01. The molecule has 0 aliphatic rings. The zero-order chi connectivity index (χ0) is 9.68. The smallest absolute Gasteiger partial charge is 0.137 e. The third-order valence-corrected chi connectivity index (χ3v) is 2.22. The average Bonchev–Trinajstić information content (AvgIpc) is 2.10. The van der Waals surface area contributed by atoms with E-state index in [0.717, 1.165) is 17.9 Å². The van der Waals surface area contributed by atoms with Gasteiger partial charge >= 0.3 is 0 Å². The first-order valence-electron chi connectivity index (χ1n) is 4.30. The Balaban J connectivity index is 2.79. The maximum Gasteiger partial charge on any atom is 0.137 e. The van der Waals surface area contributed by atoms with E-state index < -0.39 is 0 Å². The summed E-state index contributed by atoms with van der Waals surface area (Å²) in [7, 11) is 0. The van der Waals surface area contributed by atoms with Crippen molar-refractivity contribution < 1.29 is 4.74 Å². The minimum atomic E-state index is 0.644. The Morgan fingerprint density at radius 2 is 2.23 bits per heavy atom. The van der Waals surface area contributed by atoms with Crippen LogP contribution in [0.15, 0.2) is 18.2 Å². The van der Waals surface area contributed by atoms with E-state index in [1.54, 1.807) is 0 Å². The van der Waals surface area contributed by atoms with Crippen LogP contribution in [0.5, 0.6) is 5.75 Å². The number of halogens is 1. The maximum absolute atomic E-state index is 5.99. The number of thiol groups is 1. The molecule has 0 atom stereocenters. The second kappa shape index (κ2) is 5.40. The van der Waals surface area contributed by atoms with Crippen molar-refractivity contribution in [3.63, 3.8) is 0 Å². The van der Waals surface area contributed by atoms with E-state index in [2.05, 4.69) is 12.6 Å². The molecule has 72 valence electrons. The predicted octanol–water partition coefficient (Wildman–Crippen LogP) is 3.21. The number of aryl methyl sites for hydroxylation is 1. The van der Waals surface area contributed by atoms with Crippen LogP contribution in [0.2, 0.25) is 5.02 Å². The van der Waals surface area contributed by atoms with Crippen LogP contribution in [-0.4, -0.2) is 12.4 Å². The summed E-state index contributed by atoms with van der Waals surface area (Å²) in [6.45, 7) is 2.59. The van der Waals surface area contributed by atoms with Gasteiger partial charge in [-0.2, -0.15) is 12.6 Å². The third kappa shape index (κ3) is 3.12. The number of rotatable bonds is 4. The Morgan fingerprint density at radius 3 is 2.77 bits per heavy atom. The van der Waals surface area contributed by atoms with E-state index in [1.807, 2.05) is 25.1 Å². The topological polar surface area (TPSA) is 9.23 Å². The lowest BCUT2D eigenvalue weighted by atomic mass is 10.2. The number of hydrogen-bond donors (Lipinski definition) is 1. The SMILES string of the molecule is CCOc1ccc(CCS)cc1Cl. The minimum Gasteiger partial charge on any atom is -0.492 e. The van der Waals surface area contributed by atoms with Crippen LogP contribution in [0.1, 0.15) is 12.5 Å². The van der Waals surface area contributed by atoms with E-state index in [9.17, 15) is 0 Å². The van der Waals surface area contributed by atoms with Crippen LogP contribution in [0.3, 0.4) is 0 Å². The van der Waals surface area contributed by atoms with Crippen molar-refractivity contribution in [3.05, 3.63) is 28.8 Å². The van der Waals surface area contributed by atoms with Crippen molar-refractivity contribution in [2.45, 2.75) is 13.3 Å². The normalized spacial score (nSPS) is 10.1. The highest BCUT2D eigenvalue weighted by molar-refractivity contribution is 7.80. The van der Waals surface area contributed by atoms with Gasteiger partial charge in [-0.05, 0) is 36.8 Å². The van der Waals surface area contributed by atoms with Crippen molar-refractivity contribution in [1.29, 1.82) is 0 Å². The Hall–Kier alpha value is -0.340. The van der Waals surface area contributed by atoms with Gasteiger partial charge in [-0.25, -0.2) is 0 Å². The van der Waals surface area contributed by atoms with Gasteiger partial charge in [-0.15, -0.1) is 0 Å². The fourth-order valence-corrected chi connectivity index (χ4v) is 1.62. The Labute approximate surface area is 89.5 Å². The standard InChI is InChI=1S/C10H13ClOS/c1-2-12-10-4-3-8(5-6-13)7-9(10)11/h3-4,7,13H,2,5-6H2,1H3. The van der Waals surface area contributed by atoms with Gasteiger partial charge in [0, 0.05) is 0 Å². The molecule has 0 spiro atoms. The van der Waals surface area contributed by atoms with E-state index in [-0.39, 0.29) is 0 Å². The summed E-state index contributed by atoms with van der Waals surface area (Å²) in [6.07, 6.45) is 0.940. The Kier molecular flexibility index (Phi) is 4.46. The zero-order valence-electron chi connectivity index (χ0n) is 7.59. The van der Waals surface area contributed by atoms with Crippen LogP contribution >= 0.6 is 24.2 Å². The molecule has 0 bridgehead atoms. The lowest BCUT2D eigenvalue weighted by Crippen LogP contribution is -1.93. The quantitative estimate of drug-likeness (QED) is 0.761. The lowest BCUT2D eigenvalue weighted by molar-refractivity contribution is 0.340. The zero-order valence-corrected chi connectivity index (χ0v) is 9.24. The molecular formula is C10H13ClOS. The Morgan fingerprint density at radius 1 is 1.46 bits per heavy atom. The summed E-state index contributed by atoms with van der Waals surface area (Å²) in [4.78, 5) is 0. The molecule has 0 aliphatic carbocycles. The molecule has 0 unspecified atom stereocenters. The first-order valence-corrected chi connectivity index (χ1v) is 5.31.